The Morgan fingerprint density at radius 3 is 2.28 bits per heavy atom. The Labute approximate surface area is 214 Å². The van der Waals surface area contributed by atoms with Crippen LogP contribution in [0.1, 0.15) is 47.4 Å². The summed E-state index contributed by atoms with van der Waals surface area (Å²) in [4.78, 5) is 29.1. The molecule has 188 valence electrons. The molecule has 0 bridgehead atoms. The maximum atomic E-state index is 13.4. The third kappa shape index (κ3) is 4.56. The van der Waals surface area contributed by atoms with Crippen LogP contribution in [0.2, 0.25) is 0 Å². The lowest BCUT2D eigenvalue weighted by atomic mass is 9.93. The maximum Gasteiger partial charge on any atom is 0.295 e. The average Bonchev–Trinajstić information content (AvgIpc) is 3.49. The topological polar surface area (TPSA) is 85.3 Å². The highest BCUT2D eigenvalue weighted by atomic mass is 32.1. The Kier molecular flexibility index (Phi) is 7.35. The summed E-state index contributed by atoms with van der Waals surface area (Å²) in [6.07, 6.45) is 0. The molecule has 1 unspecified atom stereocenters. The number of nitrogens with zero attached hydrogens (tertiary/aromatic N) is 1. The summed E-state index contributed by atoms with van der Waals surface area (Å²) in [7, 11) is 4.65. The van der Waals surface area contributed by atoms with Gasteiger partial charge in [0.1, 0.15) is 11.5 Å². The molecule has 2 aromatic carbocycles. The molecule has 8 heteroatoms. The predicted octanol–water partition coefficient (Wildman–Crippen LogP) is 5.52. The lowest BCUT2D eigenvalue weighted by Crippen LogP contribution is -2.28. The monoisotopic (exact) mass is 507 g/mol. The van der Waals surface area contributed by atoms with Crippen LogP contribution in [-0.4, -0.2) is 43.0 Å². The molecular weight excluding hydrogens is 478 g/mol. The number of rotatable bonds is 8. The molecule has 0 spiro atoms. The summed E-state index contributed by atoms with van der Waals surface area (Å²) in [5.41, 5.74) is 1.99. The molecule has 0 radical (unpaired) electrons. The molecule has 1 N–H and O–H groups in total. The Hall–Kier alpha value is -3.78. The van der Waals surface area contributed by atoms with Crippen molar-refractivity contribution in [3.63, 3.8) is 0 Å². The first-order valence-electron chi connectivity index (χ1n) is 11.5. The molecule has 4 rings (SSSR count). The van der Waals surface area contributed by atoms with Gasteiger partial charge >= 0.3 is 0 Å². The number of thiophene rings is 1. The van der Waals surface area contributed by atoms with Crippen LogP contribution in [0.5, 0.6) is 17.2 Å². The largest absolute Gasteiger partial charge is 0.507 e. The highest BCUT2D eigenvalue weighted by Crippen LogP contribution is 2.43. The quantitative estimate of drug-likeness (QED) is 0.246. The second kappa shape index (κ2) is 10.5. The van der Waals surface area contributed by atoms with E-state index in [1.165, 1.54) is 30.5 Å². The third-order valence-corrected chi connectivity index (χ3v) is 7.16. The van der Waals surface area contributed by atoms with Crippen molar-refractivity contribution in [3.05, 3.63) is 81.1 Å². The first kappa shape index (κ1) is 25.3. The number of amides is 1. The number of benzene rings is 2. The third-order valence-electron chi connectivity index (χ3n) is 6.29. The fourth-order valence-electron chi connectivity index (χ4n) is 4.47. The predicted molar refractivity (Wildman–Crippen MR) is 139 cm³/mol. The van der Waals surface area contributed by atoms with Crippen LogP contribution in [0.25, 0.3) is 5.76 Å². The Morgan fingerprint density at radius 2 is 1.67 bits per heavy atom. The average molecular weight is 508 g/mol. The Morgan fingerprint density at radius 1 is 0.972 bits per heavy atom. The molecule has 1 aliphatic heterocycles. The number of aliphatic hydroxyl groups is 1. The molecule has 36 heavy (non-hydrogen) atoms. The maximum absolute atomic E-state index is 13.4. The van der Waals surface area contributed by atoms with E-state index in [2.05, 4.69) is 0 Å². The number of hydrogen-bond donors (Lipinski definition) is 1. The minimum absolute atomic E-state index is 0.0312. The molecule has 3 aromatic rings. The van der Waals surface area contributed by atoms with Crippen LogP contribution in [0.15, 0.2) is 59.5 Å². The summed E-state index contributed by atoms with van der Waals surface area (Å²) in [5.74, 6) is 0.169. The van der Waals surface area contributed by atoms with Gasteiger partial charge in [-0.2, -0.15) is 0 Å². The van der Waals surface area contributed by atoms with Gasteiger partial charge in [0, 0.05) is 10.4 Å². The molecule has 1 fully saturated rings. The second-order valence-corrected chi connectivity index (χ2v) is 9.76. The van der Waals surface area contributed by atoms with E-state index < -0.39 is 17.7 Å². The van der Waals surface area contributed by atoms with Crippen molar-refractivity contribution in [1.82, 2.24) is 4.90 Å². The summed E-state index contributed by atoms with van der Waals surface area (Å²) in [6.45, 7) is 4.27. The van der Waals surface area contributed by atoms with Crippen LogP contribution in [0, 0.1) is 0 Å². The molecule has 0 saturated carbocycles. The highest BCUT2D eigenvalue weighted by Gasteiger charge is 2.46. The van der Waals surface area contributed by atoms with E-state index in [0.29, 0.717) is 28.4 Å². The van der Waals surface area contributed by atoms with Crippen LogP contribution in [-0.2, 0) is 16.1 Å². The summed E-state index contributed by atoms with van der Waals surface area (Å²) in [5, 5.41) is 13.4. The van der Waals surface area contributed by atoms with E-state index in [-0.39, 0.29) is 23.8 Å². The van der Waals surface area contributed by atoms with E-state index in [9.17, 15) is 14.7 Å². The van der Waals surface area contributed by atoms with Gasteiger partial charge in [-0.25, -0.2) is 0 Å². The molecule has 1 saturated heterocycles. The molecule has 0 aliphatic carbocycles. The molecule has 7 nitrogen and oxygen atoms in total. The second-order valence-electron chi connectivity index (χ2n) is 8.73. The number of likely N-dealkylation sites (tertiary alicyclic amines) is 1. The lowest BCUT2D eigenvalue weighted by molar-refractivity contribution is -0.140. The fourth-order valence-corrected chi connectivity index (χ4v) is 5.17. The zero-order valence-corrected chi connectivity index (χ0v) is 21.7. The van der Waals surface area contributed by atoms with Crippen molar-refractivity contribution in [1.29, 1.82) is 0 Å². The van der Waals surface area contributed by atoms with Crippen LogP contribution in [0.3, 0.4) is 0 Å². The number of aliphatic hydroxyl groups excluding tert-OH is 1. The SMILES string of the molecule is COc1ccc(C2/C(=C(\O)c3ccc(OC)c(C(C)C)c3)C(=O)C(=O)N2Cc2cccs2)cc1OC. The van der Waals surface area contributed by atoms with Gasteiger partial charge in [0.25, 0.3) is 11.7 Å². The first-order chi connectivity index (χ1) is 17.3. The molecule has 1 amide bonds. The van der Waals surface area contributed by atoms with E-state index in [4.69, 9.17) is 14.2 Å². The van der Waals surface area contributed by atoms with Gasteiger partial charge in [0.05, 0.1) is 39.5 Å². The van der Waals surface area contributed by atoms with Gasteiger partial charge in [-0.15, -0.1) is 11.3 Å². The lowest BCUT2D eigenvalue weighted by Gasteiger charge is -2.25. The molecular formula is C28H29NO6S. The smallest absolute Gasteiger partial charge is 0.295 e. The van der Waals surface area contributed by atoms with Gasteiger partial charge in [-0.05, 0) is 58.8 Å². The Balaban J connectivity index is 1.91. The molecule has 1 aromatic heterocycles. The normalized spacial score (nSPS) is 17.1. The minimum Gasteiger partial charge on any atom is -0.507 e. The number of Topliss-reactive ketones (excluding diaryl/α,β-unsaturated/α-hetero) is 1. The van der Waals surface area contributed by atoms with Crippen LogP contribution in [0.4, 0.5) is 0 Å². The molecule has 1 atom stereocenters. The van der Waals surface area contributed by atoms with Crippen molar-refractivity contribution in [2.75, 3.05) is 21.3 Å². The highest BCUT2D eigenvalue weighted by molar-refractivity contribution is 7.09. The standard InChI is InChI=1S/C28H29NO6S/c1-16(2)20-13-18(9-10-21(20)33-3)26(30)24-25(17-8-11-22(34-4)23(14-17)35-5)29(28(32)27(24)31)15-19-7-6-12-36-19/h6-14,16,25,30H,15H2,1-5H3/b26-24+. The first-order valence-corrected chi connectivity index (χ1v) is 12.4. The number of carbonyl (C=O) groups is 2. The van der Waals surface area contributed by atoms with Crippen molar-refractivity contribution in [3.8, 4) is 17.2 Å². The van der Waals surface area contributed by atoms with Gasteiger partial charge in [-0.1, -0.05) is 26.0 Å². The van der Waals surface area contributed by atoms with Gasteiger partial charge < -0.3 is 24.2 Å². The van der Waals surface area contributed by atoms with Gasteiger partial charge in [-0.3, -0.25) is 9.59 Å². The number of ether oxygens (including phenoxy) is 3. The minimum atomic E-state index is -0.809. The van der Waals surface area contributed by atoms with Crippen molar-refractivity contribution in [2.24, 2.45) is 0 Å². The zero-order valence-electron chi connectivity index (χ0n) is 20.9. The Bertz CT molecular complexity index is 1310. The molecule has 1 aliphatic rings. The summed E-state index contributed by atoms with van der Waals surface area (Å²) in [6, 6.07) is 13.5. The van der Waals surface area contributed by atoms with Gasteiger partial charge in [0.2, 0.25) is 0 Å². The zero-order chi connectivity index (χ0) is 26.0. The van der Waals surface area contributed by atoms with Crippen LogP contribution >= 0.6 is 11.3 Å². The summed E-state index contributed by atoms with van der Waals surface area (Å²) < 4.78 is 16.3. The number of methoxy groups -OCH3 is 3. The fraction of sp³-hybridized carbons (Fsp3) is 0.286. The number of ketones is 1. The molecule has 2 heterocycles. The van der Waals surface area contributed by atoms with Crippen LogP contribution < -0.4 is 14.2 Å². The number of hydrogen-bond acceptors (Lipinski definition) is 7. The van der Waals surface area contributed by atoms with E-state index >= 15 is 0 Å². The van der Waals surface area contributed by atoms with Crippen molar-refractivity contribution < 1.29 is 28.9 Å². The number of carbonyl (C=O) groups excluding carboxylic acids is 2. The van der Waals surface area contributed by atoms with Crippen molar-refractivity contribution in [2.45, 2.75) is 32.4 Å². The van der Waals surface area contributed by atoms with Gasteiger partial charge in [0.15, 0.2) is 11.5 Å². The van der Waals surface area contributed by atoms with E-state index in [1.807, 2.05) is 31.4 Å². The van der Waals surface area contributed by atoms with E-state index in [0.717, 1.165) is 10.4 Å². The van der Waals surface area contributed by atoms with E-state index in [1.54, 1.807) is 43.5 Å². The summed E-state index contributed by atoms with van der Waals surface area (Å²) >= 11 is 1.50. The van der Waals surface area contributed by atoms with Crippen molar-refractivity contribution >= 4 is 28.8 Å².